The third kappa shape index (κ3) is 2.82. The summed E-state index contributed by atoms with van der Waals surface area (Å²) in [6.07, 6.45) is 0. The lowest BCUT2D eigenvalue weighted by molar-refractivity contribution is -0.133. The minimum absolute atomic E-state index is 0.144. The summed E-state index contributed by atoms with van der Waals surface area (Å²) >= 11 is 0.866. The number of rotatable bonds is 5. The van der Waals surface area contributed by atoms with E-state index in [0.29, 0.717) is 0 Å². The summed E-state index contributed by atoms with van der Waals surface area (Å²) in [6, 6.07) is 3.65. The van der Waals surface area contributed by atoms with Gasteiger partial charge in [-0.25, -0.2) is 18.9 Å². The maximum absolute atomic E-state index is 13.2. The third-order valence-corrected chi connectivity index (χ3v) is 3.27. The summed E-state index contributed by atoms with van der Waals surface area (Å²) in [4.78, 5) is 22.3. The van der Waals surface area contributed by atoms with Crippen molar-refractivity contribution in [3.63, 3.8) is 0 Å². The van der Waals surface area contributed by atoms with E-state index in [9.17, 15) is 14.0 Å². The molecule has 0 bridgehead atoms. The van der Waals surface area contributed by atoms with Crippen LogP contribution in [0.1, 0.15) is 0 Å². The molecular formula is C11H10FN3O4S. The number of hydrogen-bond acceptors (Lipinski definition) is 5. The lowest BCUT2D eigenvalue weighted by Crippen LogP contribution is -2.16. The maximum atomic E-state index is 13.2. The molecule has 20 heavy (non-hydrogen) atoms. The Morgan fingerprint density at radius 1 is 1.60 bits per heavy atom. The summed E-state index contributed by atoms with van der Waals surface area (Å²) in [5, 5.41) is 14.8. The first kappa shape index (κ1) is 14.1. The fraction of sp³-hybridized carbons (Fsp3) is 0.182. The summed E-state index contributed by atoms with van der Waals surface area (Å²) in [6.45, 7) is 0. The Hall–Kier alpha value is -2.29. The zero-order valence-electron chi connectivity index (χ0n) is 10.3. The Labute approximate surface area is 116 Å². The number of hydrogen-bond donors (Lipinski definition) is 2. The van der Waals surface area contributed by atoms with Crippen molar-refractivity contribution in [1.29, 1.82) is 0 Å². The average Bonchev–Trinajstić information content (AvgIpc) is 2.77. The van der Waals surface area contributed by atoms with Gasteiger partial charge in [-0.05, 0) is 12.1 Å². The van der Waals surface area contributed by atoms with Gasteiger partial charge in [0.1, 0.15) is 11.6 Å². The van der Waals surface area contributed by atoms with E-state index in [1.165, 1.54) is 19.2 Å². The van der Waals surface area contributed by atoms with E-state index in [2.05, 4.69) is 10.2 Å². The quantitative estimate of drug-likeness (QED) is 0.796. The summed E-state index contributed by atoms with van der Waals surface area (Å²) in [7, 11) is 1.34. The number of aliphatic carboxylic acids is 1. The first-order valence-corrected chi connectivity index (χ1v) is 6.37. The van der Waals surface area contributed by atoms with E-state index in [-0.39, 0.29) is 22.3 Å². The van der Waals surface area contributed by atoms with E-state index in [0.717, 1.165) is 22.4 Å². The number of thioether (sulfide) groups is 1. The highest BCUT2D eigenvalue weighted by Crippen LogP contribution is 2.26. The Bertz CT molecular complexity index is 697. The van der Waals surface area contributed by atoms with Crippen LogP contribution in [0.4, 0.5) is 4.39 Å². The smallest absolute Gasteiger partial charge is 0.348 e. The van der Waals surface area contributed by atoms with Gasteiger partial charge in [-0.2, -0.15) is 0 Å². The third-order valence-electron chi connectivity index (χ3n) is 2.35. The number of halogens is 1. The van der Waals surface area contributed by atoms with Crippen molar-refractivity contribution in [2.45, 2.75) is 5.16 Å². The van der Waals surface area contributed by atoms with Gasteiger partial charge in [0.25, 0.3) is 0 Å². The van der Waals surface area contributed by atoms with E-state index >= 15 is 0 Å². The van der Waals surface area contributed by atoms with Gasteiger partial charge in [-0.15, -0.1) is 5.10 Å². The van der Waals surface area contributed by atoms with Crippen LogP contribution in [-0.2, 0) is 4.79 Å². The molecule has 2 aromatic rings. The fourth-order valence-electron chi connectivity index (χ4n) is 1.55. The second-order valence-corrected chi connectivity index (χ2v) is 4.59. The molecule has 1 aromatic carbocycles. The molecule has 1 aromatic heterocycles. The van der Waals surface area contributed by atoms with Crippen LogP contribution in [0.3, 0.4) is 0 Å². The lowest BCUT2D eigenvalue weighted by Gasteiger charge is -2.09. The molecule has 106 valence electrons. The van der Waals surface area contributed by atoms with Gasteiger partial charge in [-0.1, -0.05) is 11.8 Å². The van der Waals surface area contributed by atoms with Crippen LogP contribution >= 0.6 is 11.8 Å². The van der Waals surface area contributed by atoms with Crippen molar-refractivity contribution >= 4 is 17.7 Å². The molecule has 0 spiro atoms. The molecule has 0 saturated heterocycles. The molecule has 0 amide bonds. The predicted octanol–water partition coefficient (Wildman–Crippen LogP) is 0.885. The first-order valence-electron chi connectivity index (χ1n) is 5.39. The van der Waals surface area contributed by atoms with E-state index in [1.54, 1.807) is 0 Å². The topological polar surface area (TPSA) is 97.2 Å². The molecule has 7 nitrogen and oxygen atoms in total. The van der Waals surface area contributed by atoms with Crippen LogP contribution in [0.15, 0.2) is 28.2 Å². The lowest BCUT2D eigenvalue weighted by atomic mass is 10.3. The molecule has 0 radical (unpaired) electrons. The van der Waals surface area contributed by atoms with Gasteiger partial charge in [0.05, 0.1) is 18.6 Å². The van der Waals surface area contributed by atoms with Gasteiger partial charge in [0, 0.05) is 6.07 Å². The second kappa shape index (κ2) is 5.78. The van der Waals surface area contributed by atoms with Gasteiger partial charge < -0.3 is 9.84 Å². The predicted molar refractivity (Wildman–Crippen MR) is 69.1 cm³/mol. The number of nitrogens with one attached hydrogen (secondary N) is 1. The molecule has 0 unspecified atom stereocenters. The van der Waals surface area contributed by atoms with Crippen molar-refractivity contribution in [2.75, 3.05) is 12.9 Å². The molecule has 0 aliphatic rings. The number of ether oxygens (including phenoxy) is 1. The monoisotopic (exact) mass is 299 g/mol. The SMILES string of the molecule is COc1cc(F)ccc1-n1c(SCC(=O)O)n[nH]c1=O. The maximum Gasteiger partial charge on any atom is 0.348 e. The number of methoxy groups -OCH3 is 1. The molecule has 0 fully saturated rings. The number of aromatic nitrogens is 3. The van der Waals surface area contributed by atoms with Crippen LogP contribution in [0.5, 0.6) is 5.75 Å². The molecule has 1 heterocycles. The number of H-pyrrole nitrogens is 1. The van der Waals surface area contributed by atoms with Crippen LogP contribution in [0.25, 0.3) is 5.69 Å². The number of carboxylic acid groups (broad SMARTS) is 1. The highest BCUT2D eigenvalue weighted by molar-refractivity contribution is 7.99. The van der Waals surface area contributed by atoms with Gasteiger partial charge in [-0.3, -0.25) is 4.79 Å². The van der Waals surface area contributed by atoms with Crippen LogP contribution < -0.4 is 10.4 Å². The van der Waals surface area contributed by atoms with E-state index < -0.39 is 17.5 Å². The molecule has 0 aliphatic heterocycles. The molecule has 9 heteroatoms. The van der Waals surface area contributed by atoms with E-state index in [1.807, 2.05) is 0 Å². The summed E-state index contributed by atoms with van der Waals surface area (Å²) in [5.41, 5.74) is -0.289. The summed E-state index contributed by atoms with van der Waals surface area (Å²) in [5.74, 6) is -1.66. The Morgan fingerprint density at radius 2 is 2.35 bits per heavy atom. The molecule has 0 aliphatic carbocycles. The molecule has 0 saturated carbocycles. The average molecular weight is 299 g/mol. The molecule has 2 rings (SSSR count). The highest BCUT2D eigenvalue weighted by Gasteiger charge is 2.16. The van der Waals surface area contributed by atoms with Gasteiger partial charge in [0.2, 0.25) is 0 Å². The Kier molecular flexibility index (Phi) is 4.08. The highest BCUT2D eigenvalue weighted by atomic mass is 32.2. The van der Waals surface area contributed by atoms with Crippen molar-refractivity contribution < 1.29 is 19.0 Å². The Balaban J connectivity index is 2.49. The van der Waals surface area contributed by atoms with Crippen molar-refractivity contribution in [3.05, 3.63) is 34.5 Å². The van der Waals surface area contributed by atoms with Gasteiger partial charge in [0.15, 0.2) is 5.16 Å². The zero-order chi connectivity index (χ0) is 14.7. The number of carboxylic acids is 1. The van der Waals surface area contributed by atoms with Gasteiger partial charge >= 0.3 is 11.7 Å². The minimum atomic E-state index is -1.04. The molecule has 2 N–H and O–H groups in total. The number of benzene rings is 1. The number of aromatic amines is 1. The molecular weight excluding hydrogens is 289 g/mol. The van der Waals surface area contributed by atoms with E-state index in [4.69, 9.17) is 9.84 Å². The van der Waals surface area contributed by atoms with Crippen LogP contribution in [0.2, 0.25) is 0 Å². The fourth-order valence-corrected chi connectivity index (χ4v) is 2.23. The molecule has 0 atom stereocenters. The number of carbonyl (C=O) groups is 1. The number of nitrogens with zero attached hydrogens (tertiary/aromatic N) is 2. The minimum Gasteiger partial charge on any atom is -0.494 e. The summed E-state index contributed by atoms with van der Waals surface area (Å²) < 4.78 is 19.3. The Morgan fingerprint density at radius 3 is 3.00 bits per heavy atom. The second-order valence-electron chi connectivity index (χ2n) is 3.65. The van der Waals surface area contributed by atoms with Crippen LogP contribution in [0, 0.1) is 5.82 Å². The van der Waals surface area contributed by atoms with Crippen LogP contribution in [-0.4, -0.2) is 38.7 Å². The normalized spacial score (nSPS) is 10.5. The van der Waals surface area contributed by atoms with Crippen molar-refractivity contribution in [3.8, 4) is 11.4 Å². The largest absolute Gasteiger partial charge is 0.494 e. The first-order chi connectivity index (χ1) is 9.52. The standard InChI is InChI=1S/C11H10FN3O4S/c1-19-8-4-6(12)2-3-7(8)15-10(18)13-14-11(15)20-5-9(16)17/h2-4H,5H2,1H3,(H,13,18)(H,16,17). The van der Waals surface area contributed by atoms with Crippen molar-refractivity contribution in [2.24, 2.45) is 0 Å². The van der Waals surface area contributed by atoms with Crippen molar-refractivity contribution in [1.82, 2.24) is 14.8 Å². The zero-order valence-corrected chi connectivity index (χ0v) is 11.1.